The first kappa shape index (κ1) is 23.4. The number of anilines is 1. The van der Waals surface area contributed by atoms with Gasteiger partial charge >= 0.3 is 6.18 Å². The van der Waals surface area contributed by atoms with Crippen molar-refractivity contribution in [3.05, 3.63) is 81.7 Å². The molecule has 0 spiro atoms. The van der Waals surface area contributed by atoms with Crippen molar-refractivity contribution in [3.63, 3.8) is 0 Å². The van der Waals surface area contributed by atoms with Gasteiger partial charge in [-0.05, 0) is 35.7 Å². The normalized spacial score (nSPS) is 11.4. The van der Waals surface area contributed by atoms with Gasteiger partial charge in [0.2, 0.25) is 5.91 Å². The topological polar surface area (TPSA) is 103 Å². The minimum Gasteiger partial charge on any atom is -0.320 e. The summed E-state index contributed by atoms with van der Waals surface area (Å²) in [7, 11) is 0. The second kappa shape index (κ2) is 9.65. The maximum absolute atomic E-state index is 12.9. The van der Waals surface area contributed by atoms with Crippen LogP contribution in [0.2, 0.25) is 0 Å². The quantitative estimate of drug-likeness (QED) is 0.198. The second-order valence-electron chi connectivity index (χ2n) is 6.78. The van der Waals surface area contributed by atoms with Crippen LogP contribution in [-0.4, -0.2) is 31.3 Å². The van der Waals surface area contributed by atoms with Crippen molar-refractivity contribution < 1.29 is 22.9 Å². The minimum atomic E-state index is -4.75. The molecule has 1 amide bonds. The zero-order valence-corrected chi connectivity index (χ0v) is 18.7. The number of carbonyl (C=O) groups is 1. The average Bonchev–Trinajstić information content (AvgIpc) is 3.47. The van der Waals surface area contributed by atoms with Gasteiger partial charge in [0.15, 0.2) is 11.0 Å². The summed E-state index contributed by atoms with van der Waals surface area (Å²) in [6, 6.07) is 15.0. The number of rotatable bonds is 7. The van der Waals surface area contributed by atoms with E-state index in [1.165, 1.54) is 11.3 Å². The highest BCUT2D eigenvalue weighted by Gasteiger charge is 2.33. The van der Waals surface area contributed by atoms with Gasteiger partial charge in [-0.15, -0.1) is 21.5 Å². The third-order valence-corrected chi connectivity index (χ3v) is 6.31. The van der Waals surface area contributed by atoms with E-state index >= 15 is 0 Å². The van der Waals surface area contributed by atoms with Crippen LogP contribution < -0.4 is 5.32 Å². The zero-order chi connectivity index (χ0) is 24.3. The van der Waals surface area contributed by atoms with Gasteiger partial charge in [0.25, 0.3) is 5.69 Å². The van der Waals surface area contributed by atoms with Crippen LogP contribution in [0.5, 0.6) is 0 Å². The summed E-state index contributed by atoms with van der Waals surface area (Å²) in [4.78, 5) is 23.6. The molecule has 0 saturated heterocycles. The molecule has 1 N–H and O–H groups in total. The molecular weight excluding hydrogens is 491 g/mol. The molecule has 2 heterocycles. The first-order chi connectivity index (χ1) is 16.2. The highest BCUT2D eigenvalue weighted by molar-refractivity contribution is 7.99. The Hall–Kier alpha value is -3.71. The van der Waals surface area contributed by atoms with E-state index in [0.29, 0.717) is 23.1 Å². The van der Waals surface area contributed by atoms with Crippen molar-refractivity contribution in [2.24, 2.45) is 0 Å². The Morgan fingerprint density at radius 3 is 2.53 bits per heavy atom. The second-order valence-corrected chi connectivity index (χ2v) is 8.67. The number of hydrogen-bond donors (Lipinski definition) is 1. The summed E-state index contributed by atoms with van der Waals surface area (Å²) in [6.07, 6.45) is -4.75. The Balaban J connectivity index is 1.55. The van der Waals surface area contributed by atoms with Gasteiger partial charge in [-0.3, -0.25) is 19.5 Å². The van der Waals surface area contributed by atoms with E-state index in [-0.39, 0.29) is 11.4 Å². The van der Waals surface area contributed by atoms with Crippen molar-refractivity contribution >= 4 is 40.4 Å². The Morgan fingerprint density at radius 1 is 1.12 bits per heavy atom. The molecule has 0 radical (unpaired) electrons. The van der Waals surface area contributed by atoms with Crippen molar-refractivity contribution in [1.29, 1.82) is 0 Å². The molecule has 0 atom stereocenters. The standard InChI is InChI=1S/C21H14F3N5O3S2/c22-21(23,24)13-8-9-15(16(11-13)29(31)32)25-18(30)12-34-20-27-26-19(17-7-4-10-33-17)28(20)14-5-2-1-3-6-14/h1-11H,12H2,(H,25,30). The fourth-order valence-electron chi connectivity index (χ4n) is 3.02. The molecule has 34 heavy (non-hydrogen) atoms. The Kier molecular flexibility index (Phi) is 6.65. The van der Waals surface area contributed by atoms with Crippen molar-refractivity contribution in [2.75, 3.05) is 11.1 Å². The fraction of sp³-hybridized carbons (Fsp3) is 0.0952. The molecule has 8 nitrogen and oxygen atoms in total. The third-order valence-electron chi connectivity index (χ3n) is 4.52. The number of para-hydroxylation sites is 1. The Labute approximate surface area is 198 Å². The van der Waals surface area contributed by atoms with Crippen LogP contribution in [0.4, 0.5) is 24.5 Å². The SMILES string of the molecule is O=C(CSc1nnc(-c2cccs2)n1-c1ccccc1)Nc1ccc(C(F)(F)F)cc1[N+](=O)[O-]. The maximum Gasteiger partial charge on any atom is 0.416 e. The van der Waals surface area contributed by atoms with Crippen LogP contribution in [0.1, 0.15) is 5.56 Å². The summed E-state index contributed by atoms with van der Waals surface area (Å²) in [5.41, 5.74) is -1.58. The van der Waals surface area contributed by atoms with Crippen LogP contribution >= 0.6 is 23.1 Å². The number of amides is 1. The number of nitrogens with one attached hydrogen (secondary N) is 1. The smallest absolute Gasteiger partial charge is 0.320 e. The monoisotopic (exact) mass is 505 g/mol. The van der Waals surface area contributed by atoms with Crippen LogP contribution in [0.3, 0.4) is 0 Å². The number of halogens is 3. The summed E-state index contributed by atoms with van der Waals surface area (Å²) >= 11 is 2.52. The highest BCUT2D eigenvalue weighted by Crippen LogP contribution is 2.35. The van der Waals surface area contributed by atoms with Gasteiger partial charge in [0.1, 0.15) is 5.69 Å². The van der Waals surface area contributed by atoms with Crippen LogP contribution in [0.15, 0.2) is 71.2 Å². The molecule has 13 heteroatoms. The highest BCUT2D eigenvalue weighted by atomic mass is 32.2. The van der Waals surface area contributed by atoms with Crippen LogP contribution in [0, 0.1) is 10.1 Å². The molecule has 0 aliphatic carbocycles. The van der Waals surface area contributed by atoms with Crippen LogP contribution in [0.25, 0.3) is 16.4 Å². The molecule has 0 aliphatic rings. The fourth-order valence-corrected chi connectivity index (χ4v) is 4.47. The molecule has 0 fully saturated rings. The molecule has 4 rings (SSSR count). The lowest BCUT2D eigenvalue weighted by Crippen LogP contribution is -2.16. The lowest BCUT2D eigenvalue weighted by atomic mass is 10.1. The van der Waals surface area contributed by atoms with E-state index in [1.54, 1.807) is 4.57 Å². The number of thioether (sulfide) groups is 1. The summed E-state index contributed by atoms with van der Waals surface area (Å²) in [5, 5.41) is 24.3. The van der Waals surface area contributed by atoms with Gasteiger partial charge in [0.05, 0.1) is 21.1 Å². The number of aromatic nitrogens is 3. The number of alkyl halides is 3. The molecule has 2 aromatic heterocycles. The molecule has 174 valence electrons. The van der Waals surface area contributed by atoms with Gasteiger partial charge in [-0.25, -0.2) is 0 Å². The third kappa shape index (κ3) is 5.10. The Morgan fingerprint density at radius 2 is 1.88 bits per heavy atom. The van der Waals surface area contributed by atoms with Crippen molar-refractivity contribution in [2.45, 2.75) is 11.3 Å². The van der Waals surface area contributed by atoms with Crippen molar-refractivity contribution in [3.8, 4) is 16.4 Å². The summed E-state index contributed by atoms with van der Waals surface area (Å²) < 4.78 is 40.4. The molecule has 2 aromatic carbocycles. The summed E-state index contributed by atoms with van der Waals surface area (Å²) in [6.45, 7) is 0. The number of thiophene rings is 1. The van der Waals surface area contributed by atoms with E-state index in [1.807, 2.05) is 47.8 Å². The van der Waals surface area contributed by atoms with E-state index < -0.39 is 28.3 Å². The lowest BCUT2D eigenvalue weighted by Gasteiger charge is -2.11. The lowest BCUT2D eigenvalue weighted by molar-refractivity contribution is -0.384. The first-order valence-corrected chi connectivity index (χ1v) is 11.4. The minimum absolute atomic E-state index is 0.201. The number of nitrogens with zero attached hydrogens (tertiary/aromatic N) is 4. The van der Waals surface area contributed by atoms with E-state index in [0.717, 1.165) is 28.4 Å². The molecular formula is C21H14F3N5O3S2. The Bertz CT molecular complexity index is 1330. The van der Waals surface area contributed by atoms with Gasteiger partial charge in [-0.1, -0.05) is 36.0 Å². The largest absolute Gasteiger partial charge is 0.416 e. The predicted molar refractivity (Wildman–Crippen MR) is 122 cm³/mol. The molecule has 0 saturated carbocycles. The maximum atomic E-state index is 12.9. The van der Waals surface area contributed by atoms with Gasteiger partial charge in [-0.2, -0.15) is 13.2 Å². The number of carbonyl (C=O) groups excluding carboxylic acids is 1. The van der Waals surface area contributed by atoms with E-state index in [4.69, 9.17) is 0 Å². The van der Waals surface area contributed by atoms with Gasteiger partial charge in [0, 0.05) is 11.8 Å². The van der Waals surface area contributed by atoms with E-state index in [9.17, 15) is 28.1 Å². The molecule has 4 aromatic rings. The molecule has 0 unspecified atom stereocenters. The zero-order valence-electron chi connectivity index (χ0n) is 17.0. The predicted octanol–water partition coefficient (Wildman–Crippen LogP) is 5.65. The number of nitro groups is 1. The number of nitro benzene ring substituents is 1. The summed E-state index contributed by atoms with van der Waals surface area (Å²) in [5.74, 6) is -0.260. The average molecular weight is 506 g/mol. The van der Waals surface area contributed by atoms with Gasteiger partial charge < -0.3 is 5.32 Å². The van der Waals surface area contributed by atoms with Crippen molar-refractivity contribution in [1.82, 2.24) is 14.8 Å². The number of benzene rings is 2. The number of hydrogen-bond acceptors (Lipinski definition) is 7. The molecule has 0 bridgehead atoms. The first-order valence-electron chi connectivity index (χ1n) is 9.57. The van der Waals surface area contributed by atoms with Crippen LogP contribution in [-0.2, 0) is 11.0 Å². The van der Waals surface area contributed by atoms with E-state index in [2.05, 4.69) is 15.5 Å². The molecule has 0 aliphatic heterocycles.